The Morgan fingerprint density at radius 2 is 2.36 bits per heavy atom. The van der Waals surface area contributed by atoms with Crippen LogP contribution in [0.2, 0.25) is 0 Å². The Hall–Kier alpha value is 0.460. The zero-order valence-electron chi connectivity index (χ0n) is 8.76. The summed E-state index contributed by atoms with van der Waals surface area (Å²) in [6.07, 6.45) is 2.82. The van der Waals surface area contributed by atoms with Crippen LogP contribution in [0.25, 0.3) is 0 Å². The lowest BCUT2D eigenvalue weighted by molar-refractivity contribution is 0.0485. The van der Waals surface area contributed by atoms with Gasteiger partial charge in [-0.25, -0.2) is 4.57 Å². The van der Waals surface area contributed by atoms with Gasteiger partial charge >= 0.3 is 6.80 Å². The lowest BCUT2D eigenvalue weighted by atomic mass is 10.1. The summed E-state index contributed by atoms with van der Waals surface area (Å²) in [4.78, 5) is 0. The highest BCUT2D eigenvalue weighted by atomic mass is 32.7. The summed E-state index contributed by atoms with van der Waals surface area (Å²) in [6, 6.07) is 0. The Bertz CT molecular complexity index is 215. The van der Waals surface area contributed by atoms with E-state index in [4.69, 9.17) is 13.8 Å². The molecule has 1 saturated heterocycles. The highest BCUT2D eigenvalue weighted by Crippen LogP contribution is 2.58. The second-order valence-corrected chi connectivity index (χ2v) is 7.60. The lowest BCUT2D eigenvalue weighted by Gasteiger charge is -2.18. The minimum atomic E-state index is -2.92. The van der Waals surface area contributed by atoms with Gasteiger partial charge in [-0.3, -0.25) is 4.52 Å². The predicted octanol–water partition coefficient (Wildman–Crippen LogP) is 2.55. The Morgan fingerprint density at radius 1 is 1.64 bits per heavy atom. The van der Waals surface area contributed by atoms with Crippen LogP contribution in [0.15, 0.2) is 0 Å². The molecule has 0 spiro atoms. The molecule has 0 aliphatic carbocycles. The van der Waals surface area contributed by atoms with Crippen molar-refractivity contribution in [1.82, 2.24) is 0 Å². The van der Waals surface area contributed by atoms with Gasteiger partial charge in [0, 0.05) is 13.7 Å². The van der Waals surface area contributed by atoms with Crippen molar-refractivity contribution in [3.05, 3.63) is 0 Å². The molecule has 1 fully saturated rings. The zero-order valence-corrected chi connectivity index (χ0v) is 10.5. The van der Waals surface area contributed by atoms with E-state index in [1.54, 1.807) is 6.26 Å². The van der Waals surface area contributed by atoms with Gasteiger partial charge in [0.1, 0.15) is 0 Å². The molecule has 0 aromatic rings. The molecule has 0 bridgehead atoms. The fourth-order valence-corrected chi connectivity index (χ4v) is 2.95. The SMILES string of the molecule is COP(=O)(OCC1OCC[C@@H]1C)SC. The van der Waals surface area contributed by atoms with Crippen LogP contribution in [0.3, 0.4) is 0 Å². The molecule has 0 amide bonds. The van der Waals surface area contributed by atoms with E-state index in [9.17, 15) is 4.57 Å². The minimum Gasteiger partial charge on any atom is -0.376 e. The van der Waals surface area contributed by atoms with Crippen LogP contribution < -0.4 is 0 Å². The molecule has 0 aromatic heterocycles. The summed E-state index contributed by atoms with van der Waals surface area (Å²) < 4.78 is 27.2. The standard InChI is InChI=1S/C8H17O4PS/c1-7-4-5-11-8(7)6-12-13(9,10-2)14-3/h7-8H,4-6H2,1-3H3/t7-,8?,13?/m0/s1. The monoisotopic (exact) mass is 240 g/mol. The highest BCUT2D eigenvalue weighted by molar-refractivity contribution is 8.54. The van der Waals surface area contributed by atoms with Crippen molar-refractivity contribution in [2.45, 2.75) is 19.4 Å². The summed E-state index contributed by atoms with van der Waals surface area (Å²) in [5.41, 5.74) is 0. The van der Waals surface area contributed by atoms with Crippen molar-refractivity contribution in [3.63, 3.8) is 0 Å². The molecule has 1 aliphatic rings. The van der Waals surface area contributed by atoms with Crippen LogP contribution >= 0.6 is 18.2 Å². The number of rotatable bonds is 5. The van der Waals surface area contributed by atoms with E-state index in [1.807, 2.05) is 0 Å². The molecule has 1 heterocycles. The topological polar surface area (TPSA) is 44.8 Å². The van der Waals surface area contributed by atoms with E-state index in [0.717, 1.165) is 24.4 Å². The van der Waals surface area contributed by atoms with Gasteiger partial charge < -0.3 is 9.26 Å². The first-order chi connectivity index (χ1) is 6.61. The molecule has 1 rings (SSSR count). The molecule has 0 radical (unpaired) electrons. The van der Waals surface area contributed by atoms with Gasteiger partial charge in [0.05, 0.1) is 12.7 Å². The highest BCUT2D eigenvalue weighted by Gasteiger charge is 2.29. The van der Waals surface area contributed by atoms with Crippen LogP contribution in [0.5, 0.6) is 0 Å². The van der Waals surface area contributed by atoms with Gasteiger partial charge in [-0.1, -0.05) is 6.92 Å². The molecule has 0 aromatic carbocycles. The Kier molecular flexibility index (Phi) is 4.94. The van der Waals surface area contributed by atoms with Crippen LogP contribution in [0.4, 0.5) is 0 Å². The largest absolute Gasteiger partial charge is 0.388 e. The molecule has 0 saturated carbocycles. The second kappa shape index (κ2) is 5.52. The molecule has 1 aliphatic heterocycles. The quantitative estimate of drug-likeness (QED) is 0.691. The van der Waals surface area contributed by atoms with Crippen molar-refractivity contribution in [2.75, 3.05) is 26.6 Å². The van der Waals surface area contributed by atoms with Gasteiger partial charge in [-0.2, -0.15) is 0 Å². The molecule has 2 unspecified atom stereocenters. The van der Waals surface area contributed by atoms with Crippen LogP contribution in [-0.2, 0) is 18.3 Å². The van der Waals surface area contributed by atoms with E-state index in [-0.39, 0.29) is 6.10 Å². The average Bonchev–Trinajstić information content (AvgIpc) is 2.61. The maximum atomic E-state index is 11.7. The molecule has 3 atom stereocenters. The van der Waals surface area contributed by atoms with Crippen molar-refractivity contribution in [2.24, 2.45) is 5.92 Å². The summed E-state index contributed by atoms with van der Waals surface area (Å²) in [5, 5.41) is 0. The molecule has 6 heteroatoms. The van der Waals surface area contributed by atoms with Crippen LogP contribution in [-0.4, -0.2) is 32.7 Å². The van der Waals surface area contributed by atoms with Crippen LogP contribution in [0.1, 0.15) is 13.3 Å². The summed E-state index contributed by atoms with van der Waals surface area (Å²) in [6.45, 7) is 0.309. The van der Waals surface area contributed by atoms with Crippen molar-refractivity contribution in [1.29, 1.82) is 0 Å². The fraction of sp³-hybridized carbons (Fsp3) is 1.00. The summed E-state index contributed by atoms with van der Waals surface area (Å²) >= 11 is 1.11. The van der Waals surface area contributed by atoms with E-state index in [1.165, 1.54) is 7.11 Å². The Morgan fingerprint density at radius 3 is 2.79 bits per heavy atom. The van der Waals surface area contributed by atoms with E-state index >= 15 is 0 Å². The molecule has 84 valence electrons. The zero-order chi connectivity index (χ0) is 10.6. The summed E-state index contributed by atoms with van der Waals surface area (Å²) in [7, 11) is 1.40. The average molecular weight is 240 g/mol. The Labute approximate surface area is 89.0 Å². The van der Waals surface area contributed by atoms with E-state index < -0.39 is 6.80 Å². The molecule has 14 heavy (non-hydrogen) atoms. The number of hydrogen-bond acceptors (Lipinski definition) is 5. The van der Waals surface area contributed by atoms with Gasteiger partial charge in [0.2, 0.25) is 0 Å². The number of hydrogen-bond donors (Lipinski definition) is 0. The first kappa shape index (κ1) is 12.5. The molecule has 4 nitrogen and oxygen atoms in total. The van der Waals surface area contributed by atoms with Gasteiger partial charge in [0.25, 0.3) is 0 Å². The first-order valence-electron chi connectivity index (χ1n) is 4.59. The molecular weight excluding hydrogens is 223 g/mol. The number of ether oxygens (including phenoxy) is 1. The fourth-order valence-electron chi connectivity index (χ4n) is 1.31. The first-order valence-corrected chi connectivity index (χ1v) is 7.96. The summed E-state index contributed by atoms with van der Waals surface area (Å²) in [5.74, 6) is 0.474. The van der Waals surface area contributed by atoms with E-state index in [2.05, 4.69) is 6.92 Å². The van der Waals surface area contributed by atoms with Gasteiger partial charge in [-0.15, -0.1) is 0 Å². The van der Waals surface area contributed by atoms with Crippen molar-refractivity contribution >= 4 is 18.2 Å². The maximum Gasteiger partial charge on any atom is 0.388 e. The Balaban J connectivity index is 2.35. The smallest absolute Gasteiger partial charge is 0.376 e. The third kappa shape index (κ3) is 3.24. The maximum absolute atomic E-state index is 11.7. The third-order valence-corrected chi connectivity index (χ3v) is 5.85. The van der Waals surface area contributed by atoms with Gasteiger partial charge in [-0.05, 0) is 30.0 Å². The van der Waals surface area contributed by atoms with Crippen molar-refractivity contribution in [3.8, 4) is 0 Å². The predicted molar refractivity (Wildman–Crippen MR) is 57.6 cm³/mol. The van der Waals surface area contributed by atoms with Crippen LogP contribution in [0, 0.1) is 5.92 Å². The molecule has 0 N–H and O–H groups in total. The third-order valence-electron chi connectivity index (χ3n) is 2.38. The van der Waals surface area contributed by atoms with Crippen molar-refractivity contribution < 1.29 is 18.3 Å². The van der Waals surface area contributed by atoms with Gasteiger partial charge in [0.15, 0.2) is 0 Å². The van der Waals surface area contributed by atoms with E-state index in [0.29, 0.717) is 12.5 Å². The second-order valence-electron chi connectivity index (χ2n) is 3.28. The minimum absolute atomic E-state index is 0.0608. The lowest BCUT2D eigenvalue weighted by Crippen LogP contribution is -2.19. The normalized spacial score (nSPS) is 31.6. The molecular formula is C8H17O4PS.